The third-order valence-corrected chi connectivity index (χ3v) is 9.88. The highest BCUT2D eigenvalue weighted by Gasteiger charge is 2.36. The minimum absolute atomic E-state index is 0. The first kappa shape index (κ1) is 34.9. The van der Waals surface area contributed by atoms with E-state index in [-0.39, 0.29) is 54.7 Å². The van der Waals surface area contributed by atoms with Crippen LogP contribution in [0.2, 0.25) is 0 Å². The monoisotopic (exact) mass is 596 g/mol. The Morgan fingerprint density at radius 1 is 1.13 bits per heavy atom. The number of methoxy groups -OCH3 is 1. The van der Waals surface area contributed by atoms with Crippen LogP contribution in [0.3, 0.4) is 0 Å². The normalized spacial score (nSPS) is 21.8. The summed E-state index contributed by atoms with van der Waals surface area (Å²) in [6, 6.07) is 3.93. The number of carbonyl (C=O) groups excluding carboxylic acids is 1. The number of benzene rings is 1. The van der Waals surface area contributed by atoms with E-state index in [9.17, 15) is 13.2 Å². The highest BCUT2D eigenvalue weighted by atomic mass is 35.5. The molecule has 1 amide bonds. The Balaban J connectivity index is 0.00000361. The molecule has 0 radical (unpaired) electrons. The fourth-order valence-electron chi connectivity index (χ4n) is 5.58. The molecule has 2 aliphatic rings. The number of rotatable bonds is 10. The van der Waals surface area contributed by atoms with Crippen molar-refractivity contribution in [2.75, 3.05) is 67.6 Å². The summed E-state index contributed by atoms with van der Waals surface area (Å²) in [6.45, 7) is 8.13. The van der Waals surface area contributed by atoms with Crippen LogP contribution in [0, 0.1) is 19.8 Å². The van der Waals surface area contributed by atoms with Crippen molar-refractivity contribution < 1.29 is 22.7 Å². The zero-order chi connectivity index (χ0) is 26.5. The molecule has 1 saturated carbocycles. The van der Waals surface area contributed by atoms with E-state index in [0.29, 0.717) is 22.9 Å². The van der Waals surface area contributed by atoms with E-state index in [1.54, 1.807) is 47.2 Å². The Hall–Kier alpha value is -1.14. The number of halogens is 2. The van der Waals surface area contributed by atoms with Gasteiger partial charge in [-0.2, -0.15) is 4.31 Å². The summed E-state index contributed by atoms with van der Waals surface area (Å²) >= 11 is 0. The molecule has 1 aliphatic heterocycles. The second-order valence-electron chi connectivity index (χ2n) is 10.2. The van der Waals surface area contributed by atoms with Gasteiger partial charge in [0.05, 0.1) is 18.6 Å². The summed E-state index contributed by atoms with van der Waals surface area (Å²) in [7, 11) is 3.19. The number of piperazine rings is 1. The summed E-state index contributed by atoms with van der Waals surface area (Å²) in [5.41, 5.74) is 1.28. The Bertz CT molecular complexity index is 982. The zero-order valence-electron chi connectivity index (χ0n) is 23.6. The van der Waals surface area contributed by atoms with Crippen molar-refractivity contribution in [3.63, 3.8) is 0 Å². The highest BCUT2D eigenvalue weighted by molar-refractivity contribution is 7.89. The van der Waals surface area contributed by atoms with Crippen LogP contribution in [0.5, 0.6) is 5.75 Å². The molecular formula is C26H46Cl2N4O5S. The Morgan fingerprint density at radius 3 is 2.29 bits per heavy atom. The number of nitrogens with one attached hydrogen (secondary N) is 1. The fourth-order valence-corrected chi connectivity index (χ4v) is 7.14. The maximum atomic E-state index is 13.3. The smallest absolute Gasteiger partial charge is 0.249 e. The minimum atomic E-state index is -3.72. The minimum Gasteiger partial charge on any atom is -0.497 e. The first-order chi connectivity index (χ1) is 17.1. The molecule has 0 bridgehead atoms. The lowest BCUT2D eigenvalue weighted by atomic mass is 9.81. The van der Waals surface area contributed by atoms with Gasteiger partial charge in [-0.1, -0.05) is 6.42 Å². The SMILES string of the molecule is CNC(=O)C(OCCN(C)S(=O)(=O)c1c(C)cc(OC)cc1C)[C@@H]1CCC[C@H](N2CCN(C)CC2)C1.Cl.Cl. The maximum Gasteiger partial charge on any atom is 0.249 e. The van der Waals surface area contributed by atoms with Gasteiger partial charge in [-0.15, -0.1) is 24.8 Å². The summed E-state index contributed by atoms with van der Waals surface area (Å²) in [5, 5.41) is 2.75. The molecule has 38 heavy (non-hydrogen) atoms. The van der Waals surface area contributed by atoms with Crippen molar-refractivity contribution in [1.29, 1.82) is 0 Å². The van der Waals surface area contributed by atoms with E-state index in [1.807, 2.05) is 0 Å². The van der Waals surface area contributed by atoms with Gasteiger partial charge >= 0.3 is 0 Å². The first-order valence-corrected chi connectivity index (χ1v) is 14.4. The molecule has 1 unspecified atom stereocenters. The molecule has 3 atom stereocenters. The van der Waals surface area contributed by atoms with Gasteiger partial charge in [0.1, 0.15) is 11.9 Å². The van der Waals surface area contributed by atoms with E-state index in [0.717, 1.165) is 51.9 Å². The topological polar surface area (TPSA) is 91.4 Å². The van der Waals surface area contributed by atoms with Crippen LogP contribution in [0.1, 0.15) is 36.8 Å². The number of nitrogens with zero attached hydrogens (tertiary/aromatic N) is 3. The first-order valence-electron chi connectivity index (χ1n) is 13.0. The fraction of sp³-hybridized carbons (Fsp3) is 0.731. The summed E-state index contributed by atoms with van der Waals surface area (Å²) in [4.78, 5) is 18.0. The van der Waals surface area contributed by atoms with Gasteiger partial charge in [-0.3, -0.25) is 9.69 Å². The van der Waals surface area contributed by atoms with Crippen LogP contribution in [0.4, 0.5) is 0 Å². The molecule has 1 aliphatic carbocycles. The molecule has 1 aromatic carbocycles. The van der Waals surface area contributed by atoms with Gasteiger partial charge in [-0.25, -0.2) is 8.42 Å². The van der Waals surface area contributed by atoms with Crippen molar-refractivity contribution in [2.45, 2.75) is 56.6 Å². The quantitative estimate of drug-likeness (QED) is 0.444. The standard InChI is InChI=1S/C26H44N4O5S.2ClH/c1-19-16-23(34-6)17-20(2)25(19)36(32,33)29(5)14-15-35-24(26(31)27-3)21-8-7-9-22(18-21)30-12-10-28(4)11-13-30;;/h16-17,21-22,24H,7-15,18H2,1-6H3,(H,27,31);2*1H/t21-,22+,24?;;/m1../s1. The number of hydrogen-bond acceptors (Lipinski definition) is 7. The maximum absolute atomic E-state index is 13.3. The van der Waals surface area contributed by atoms with Crippen LogP contribution in [-0.4, -0.2) is 108 Å². The molecule has 12 heteroatoms. The molecule has 2 fully saturated rings. The molecule has 0 aromatic heterocycles. The van der Waals surface area contributed by atoms with E-state index in [2.05, 4.69) is 22.2 Å². The van der Waals surface area contributed by atoms with Gasteiger partial charge in [0.2, 0.25) is 15.9 Å². The molecule has 9 nitrogen and oxygen atoms in total. The number of ether oxygens (including phenoxy) is 2. The zero-order valence-corrected chi connectivity index (χ0v) is 26.0. The van der Waals surface area contributed by atoms with E-state index >= 15 is 0 Å². The molecule has 1 aromatic rings. The summed E-state index contributed by atoms with van der Waals surface area (Å²) in [5.74, 6) is 0.619. The summed E-state index contributed by atoms with van der Waals surface area (Å²) < 4.78 is 39.3. The van der Waals surface area contributed by atoms with Crippen molar-refractivity contribution in [3.8, 4) is 5.75 Å². The molecule has 0 spiro atoms. The second-order valence-corrected chi connectivity index (χ2v) is 12.2. The van der Waals surface area contributed by atoms with Crippen LogP contribution in [0.25, 0.3) is 0 Å². The second kappa shape index (κ2) is 15.6. The number of carbonyl (C=O) groups is 1. The number of likely N-dealkylation sites (N-methyl/N-ethyl adjacent to an activating group) is 3. The Labute approximate surface area is 241 Å². The van der Waals surface area contributed by atoms with Crippen LogP contribution >= 0.6 is 24.8 Å². The van der Waals surface area contributed by atoms with Gasteiger partial charge in [0.25, 0.3) is 0 Å². The van der Waals surface area contributed by atoms with Gasteiger partial charge in [-0.05, 0) is 69.3 Å². The highest BCUT2D eigenvalue weighted by Crippen LogP contribution is 2.32. The number of amides is 1. The van der Waals surface area contributed by atoms with E-state index < -0.39 is 16.1 Å². The number of hydrogen-bond donors (Lipinski definition) is 1. The largest absolute Gasteiger partial charge is 0.497 e. The van der Waals surface area contributed by atoms with Crippen molar-refractivity contribution in [3.05, 3.63) is 23.3 Å². The Morgan fingerprint density at radius 2 is 1.74 bits per heavy atom. The van der Waals surface area contributed by atoms with Crippen molar-refractivity contribution in [1.82, 2.24) is 19.4 Å². The summed E-state index contributed by atoms with van der Waals surface area (Å²) in [6.07, 6.45) is 3.53. The lowest BCUT2D eigenvalue weighted by Gasteiger charge is -2.42. The predicted molar refractivity (Wildman–Crippen MR) is 155 cm³/mol. The molecule has 3 rings (SSSR count). The van der Waals surface area contributed by atoms with Gasteiger partial charge in [0.15, 0.2) is 0 Å². The Kier molecular flexibility index (Phi) is 14.3. The lowest BCUT2D eigenvalue weighted by Crippen LogP contribution is -2.52. The van der Waals surface area contributed by atoms with Gasteiger partial charge in [0, 0.05) is 52.9 Å². The molecule has 1 heterocycles. The number of sulfonamides is 1. The lowest BCUT2D eigenvalue weighted by molar-refractivity contribution is -0.137. The average Bonchev–Trinajstić information content (AvgIpc) is 2.85. The van der Waals surface area contributed by atoms with E-state index in [4.69, 9.17) is 9.47 Å². The molecule has 220 valence electrons. The molecule has 1 N–H and O–H groups in total. The third kappa shape index (κ3) is 8.43. The van der Waals surface area contributed by atoms with Crippen molar-refractivity contribution in [2.24, 2.45) is 5.92 Å². The molecular weight excluding hydrogens is 551 g/mol. The number of aryl methyl sites for hydroxylation is 2. The third-order valence-electron chi connectivity index (χ3n) is 7.72. The molecule has 1 saturated heterocycles. The average molecular weight is 598 g/mol. The predicted octanol–water partition coefficient (Wildman–Crippen LogP) is 2.71. The van der Waals surface area contributed by atoms with Crippen LogP contribution < -0.4 is 10.1 Å². The van der Waals surface area contributed by atoms with Gasteiger partial charge < -0.3 is 19.7 Å². The van der Waals surface area contributed by atoms with Crippen LogP contribution in [-0.2, 0) is 19.6 Å². The van der Waals surface area contributed by atoms with Crippen LogP contribution in [0.15, 0.2) is 17.0 Å². The van der Waals surface area contributed by atoms with Crippen molar-refractivity contribution >= 4 is 40.7 Å². The van der Waals surface area contributed by atoms with E-state index in [1.165, 1.54) is 4.31 Å².